The monoisotopic (exact) mass is 346 g/mol. The Hall–Kier alpha value is -1.99. The van der Waals surface area contributed by atoms with E-state index in [2.05, 4.69) is 15.5 Å². The van der Waals surface area contributed by atoms with E-state index in [0.29, 0.717) is 17.1 Å². The third-order valence-corrected chi connectivity index (χ3v) is 4.49. The summed E-state index contributed by atoms with van der Waals surface area (Å²) in [5.41, 5.74) is 2.10. The predicted octanol–water partition coefficient (Wildman–Crippen LogP) is 2.60. The number of nitrogens with one attached hydrogen (secondary N) is 2. The number of carbonyl (C=O) groups is 1. The minimum Gasteiger partial charge on any atom is -0.378 e. The van der Waals surface area contributed by atoms with Gasteiger partial charge in [-0.25, -0.2) is 0 Å². The molecule has 3 rings (SSSR count). The Morgan fingerprint density at radius 1 is 1.46 bits per heavy atom. The molecule has 0 radical (unpaired) electrons. The Balaban J connectivity index is 1.62. The van der Waals surface area contributed by atoms with Crippen molar-refractivity contribution in [2.24, 2.45) is 0 Å². The first-order chi connectivity index (χ1) is 11.6. The van der Waals surface area contributed by atoms with Crippen LogP contribution in [0.1, 0.15) is 24.8 Å². The summed E-state index contributed by atoms with van der Waals surface area (Å²) in [6.45, 7) is 3.64. The molecule has 128 valence electrons. The fraction of sp³-hybridized carbons (Fsp3) is 0.471. The van der Waals surface area contributed by atoms with Crippen LogP contribution in [0.4, 0.5) is 0 Å². The number of rotatable bonds is 6. The van der Waals surface area contributed by atoms with E-state index in [0.717, 1.165) is 31.4 Å². The van der Waals surface area contributed by atoms with Crippen LogP contribution in [-0.4, -0.2) is 39.9 Å². The molecule has 2 heterocycles. The number of nitrogens with zero attached hydrogens (tertiary/aromatic N) is 2. The van der Waals surface area contributed by atoms with Gasteiger partial charge in [0.25, 0.3) is 0 Å². The Labute approximate surface area is 146 Å². The van der Waals surface area contributed by atoms with E-state index in [1.165, 1.54) is 5.56 Å². The predicted molar refractivity (Wildman–Crippen MR) is 94.2 cm³/mol. The van der Waals surface area contributed by atoms with Crippen LogP contribution in [0.5, 0.6) is 0 Å². The highest BCUT2D eigenvalue weighted by atomic mass is 32.1. The van der Waals surface area contributed by atoms with Crippen LogP contribution in [-0.2, 0) is 16.1 Å². The van der Waals surface area contributed by atoms with Crippen molar-refractivity contribution in [1.29, 1.82) is 0 Å². The molecule has 0 spiro atoms. The molecule has 7 heteroatoms. The summed E-state index contributed by atoms with van der Waals surface area (Å²) in [5.74, 6) is 0.605. The fourth-order valence-corrected chi connectivity index (χ4v) is 3.03. The van der Waals surface area contributed by atoms with Gasteiger partial charge in [0, 0.05) is 18.7 Å². The van der Waals surface area contributed by atoms with Crippen molar-refractivity contribution in [2.45, 2.75) is 38.8 Å². The van der Waals surface area contributed by atoms with Crippen molar-refractivity contribution in [3.05, 3.63) is 34.6 Å². The first-order valence-electron chi connectivity index (χ1n) is 8.24. The van der Waals surface area contributed by atoms with Crippen LogP contribution in [0.15, 0.2) is 24.3 Å². The minimum absolute atomic E-state index is 0.0705. The number of ether oxygens (including phenoxy) is 1. The summed E-state index contributed by atoms with van der Waals surface area (Å²) in [6, 6.07) is 7.98. The van der Waals surface area contributed by atoms with Crippen molar-refractivity contribution in [3.63, 3.8) is 0 Å². The third-order valence-electron chi connectivity index (χ3n) is 4.18. The summed E-state index contributed by atoms with van der Waals surface area (Å²) in [4.78, 5) is 12.2. The lowest BCUT2D eigenvalue weighted by atomic mass is 10.1. The van der Waals surface area contributed by atoms with Crippen LogP contribution >= 0.6 is 12.2 Å². The number of hydrogen-bond acceptors (Lipinski definition) is 4. The zero-order chi connectivity index (χ0) is 16.9. The van der Waals surface area contributed by atoms with E-state index in [1.54, 1.807) is 4.57 Å². The fourth-order valence-electron chi connectivity index (χ4n) is 2.83. The molecule has 2 N–H and O–H groups in total. The second-order valence-corrected chi connectivity index (χ2v) is 6.46. The maximum Gasteiger partial charge on any atom is 0.240 e. The second kappa shape index (κ2) is 7.72. The van der Waals surface area contributed by atoms with Gasteiger partial charge in [-0.05, 0) is 38.4 Å². The van der Waals surface area contributed by atoms with Crippen molar-refractivity contribution in [1.82, 2.24) is 20.1 Å². The molecule has 1 atom stereocenters. The number of hydrogen-bond donors (Lipinski definition) is 2. The van der Waals surface area contributed by atoms with Gasteiger partial charge in [0.2, 0.25) is 5.91 Å². The van der Waals surface area contributed by atoms with Crippen LogP contribution in [0.2, 0.25) is 0 Å². The molecule has 1 aromatic heterocycles. The van der Waals surface area contributed by atoms with Crippen molar-refractivity contribution >= 4 is 18.1 Å². The molecule has 24 heavy (non-hydrogen) atoms. The number of benzene rings is 1. The second-order valence-electron chi connectivity index (χ2n) is 6.08. The van der Waals surface area contributed by atoms with Gasteiger partial charge in [0.15, 0.2) is 10.6 Å². The van der Waals surface area contributed by atoms with Crippen molar-refractivity contribution in [2.75, 3.05) is 13.2 Å². The molecule has 0 bridgehead atoms. The lowest BCUT2D eigenvalue weighted by Gasteiger charge is -2.11. The summed E-state index contributed by atoms with van der Waals surface area (Å²) in [6.07, 6.45) is 3.33. The molecule has 1 saturated heterocycles. The SMILES string of the molecule is Cc1ccc(-c2n[nH]c(=S)n2CC(=O)NCCC2CCCO2)cc1. The summed E-state index contributed by atoms with van der Waals surface area (Å²) >= 11 is 5.26. The van der Waals surface area contributed by atoms with Gasteiger partial charge in [0.1, 0.15) is 6.54 Å². The average molecular weight is 346 g/mol. The number of aryl methyl sites for hydroxylation is 1. The summed E-state index contributed by atoms with van der Waals surface area (Å²) in [7, 11) is 0. The largest absolute Gasteiger partial charge is 0.378 e. The van der Waals surface area contributed by atoms with Gasteiger partial charge >= 0.3 is 0 Å². The molecule has 1 aliphatic rings. The maximum atomic E-state index is 12.2. The first-order valence-corrected chi connectivity index (χ1v) is 8.65. The molecule has 6 nitrogen and oxygen atoms in total. The summed E-state index contributed by atoms with van der Waals surface area (Å²) in [5, 5.41) is 9.97. The quantitative estimate of drug-likeness (QED) is 0.789. The smallest absolute Gasteiger partial charge is 0.240 e. The maximum absolute atomic E-state index is 12.2. The van der Waals surface area contributed by atoms with E-state index in [4.69, 9.17) is 17.0 Å². The first kappa shape index (κ1) is 16.9. The molecule has 1 amide bonds. The molecule has 1 fully saturated rings. The Kier molecular flexibility index (Phi) is 5.42. The number of aromatic amines is 1. The van der Waals surface area contributed by atoms with E-state index >= 15 is 0 Å². The topological polar surface area (TPSA) is 71.9 Å². The van der Waals surface area contributed by atoms with Gasteiger partial charge in [-0.3, -0.25) is 14.5 Å². The Morgan fingerprint density at radius 3 is 2.96 bits per heavy atom. The van der Waals surface area contributed by atoms with Crippen LogP contribution in [0.25, 0.3) is 11.4 Å². The molecule has 0 saturated carbocycles. The van der Waals surface area contributed by atoms with Gasteiger partial charge in [-0.1, -0.05) is 29.8 Å². The van der Waals surface area contributed by atoms with E-state index in [-0.39, 0.29) is 18.6 Å². The highest BCUT2D eigenvalue weighted by Gasteiger charge is 2.16. The molecule has 1 unspecified atom stereocenters. The van der Waals surface area contributed by atoms with Crippen molar-refractivity contribution < 1.29 is 9.53 Å². The lowest BCUT2D eigenvalue weighted by molar-refractivity contribution is -0.121. The number of H-pyrrole nitrogens is 1. The standard InChI is InChI=1S/C17H22N4O2S/c1-12-4-6-13(7-5-12)16-19-20-17(24)21(16)11-15(22)18-9-8-14-3-2-10-23-14/h4-7,14H,2-3,8-11H2,1H3,(H,18,22)(H,20,24). The summed E-state index contributed by atoms with van der Waals surface area (Å²) < 4.78 is 7.73. The van der Waals surface area contributed by atoms with Crippen LogP contribution < -0.4 is 5.32 Å². The zero-order valence-electron chi connectivity index (χ0n) is 13.7. The third kappa shape index (κ3) is 4.10. The Morgan fingerprint density at radius 2 is 2.25 bits per heavy atom. The highest BCUT2D eigenvalue weighted by molar-refractivity contribution is 7.71. The van der Waals surface area contributed by atoms with E-state index in [1.807, 2.05) is 31.2 Å². The molecule has 0 aliphatic carbocycles. The minimum atomic E-state index is -0.0705. The Bertz CT molecular complexity index is 745. The number of aromatic nitrogens is 3. The van der Waals surface area contributed by atoms with Gasteiger partial charge in [-0.15, -0.1) is 0 Å². The normalized spacial score (nSPS) is 17.1. The molecular weight excluding hydrogens is 324 g/mol. The van der Waals surface area contributed by atoms with Gasteiger partial charge < -0.3 is 10.1 Å². The number of amides is 1. The number of carbonyl (C=O) groups excluding carboxylic acids is 1. The average Bonchev–Trinajstić information content (AvgIpc) is 3.20. The van der Waals surface area contributed by atoms with E-state index < -0.39 is 0 Å². The zero-order valence-corrected chi connectivity index (χ0v) is 14.6. The van der Waals surface area contributed by atoms with Crippen molar-refractivity contribution in [3.8, 4) is 11.4 Å². The van der Waals surface area contributed by atoms with Crippen LogP contribution in [0, 0.1) is 11.7 Å². The van der Waals surface area contributed by atoms with Gasteiger partial charge in [-0.2, -0.15) is 5.10 Å². The molecular formula is C17H22N4O2S. The molecule has 1 aromatic carbocycles. The highest BCUT2D eigenvalue weighted by Crippen LogP contribution is 2.18. The molecule has 2 aromatic rings. The van der Waals surface area contributed by atoms with Gasteiger partial charge in [0.05, 0.1) is 6.10 Å². The molecule has 1 aliphatic heterocycles. The van der Waals surface area contributed by atoms with E-state index in [9.17, 15) is 4.79 Å². The lowest BCUT2D eigenvalue weighted by Crippen LogP contribution is -2.30. The van der Waals surface area contributed by atoms with Crippen LogP contribution in [0.3, 0.4) is 0 Å².